The number of methoxy groups -OCH3 is 2. The van der Waals surface area contributed by atoms with Gasteiger partial charge in [0, 0.05) is 7.11 Å². The van der Waals surface area contributed by atoms with Crippen LogP contribution >= 0.6 is 0 Å². The second-order valence-electron chi connectivity index (χ2n) is 6.30. The number of aliphatic hydroxyl groups excluding tert-OH is 1. The van der Waals surface area contributed by atoms with E-state index in [2.05, 4.69) is 4.89 Å². The molecule has 0 amide bonds. The third-order valence-electron chi connectivity index (χ3n) is 4.26. The van der Waals surface area contributed by atoms with Crippen LogP contribution in [-0.2, 0) is 27.4 Å². The summed E-state index contributed by atoms with van der Waals surface area (Å²) in [6.07, 6.45) is 6.77. The highest BCUT2D eigenvalue weighted by molar-refractivity contribution is 6.04. The Morgan fingerprint density at radius 2 is 1.67 bits per heavy atom. The number of aliphatic hydroxyl groups is 1. The molecule has 0 heterocycles. The molecule has 2 aromatic rings. The average molecular weight is 414 g/mol. The molecule has 0 aromatic heterocycles. The molecule has 0 aliphatic heterocycles. The van der Waals surface area contributed by atoms with E-state index in [1.54, 1.807) is 37.5 Å². The van der Waals surface area contributed by atoms with Crippen LogP contribution in [0, 0.1) is 0 Å². The first kappa shape index (κ1) is 23.3. The standard InChI is InChI=1S/C23H26O7/c1-27-16-29-22-10-6-18(14-23(22)28-2)5-9-21(25)8-4-17-3-7-19(11-12-30-26)20(13-17)15-24/h3-10,13-14,24,26H,11-12,15-16H2,1-2H3. The van der Waals surface area contributed by atoms with Crippen LogP contribution in [-0.4, -0.2) is 43.8 Å². The lowest BCUT2D eigenvalue weighted by Crippen LogP contribution is -2.00. The normalized spacial score (nSPS) is 11.3. The van der Waals surface area contributed by atoms with Gasteiger partial charge in [-0.3, -0.25) is 10.1 Å². The van der Waals surface area contributed by atoms with Gasteiger partial charge in [0.15, 0.2) is 24.1 Å². The van der Waals surface area contributed by atoms with E-state index in [0.717, 1.165) is 22.3 Å². The molecule has 7 heteroatoms. The number of hydrogen-bond acceptors (Lipinski definition) is 7. The van der Waals surface area contributed by atoms with Gasteiger partial charge in [0.1, 0.15) is 0 Å². The van der Waals surface area contributed by atoms with Crippen molar-refractivity contribution >= 4 is 17.9 Å². The van der Waals surface area contributed by atoms with Crippen LogP contribution in [0.4, 0.5) is 0 Å². The lowest BCUT2D eigenvalue weighted by molar-refractivity contribution is -0.241. The maximum Gasteiger partial charge on any atom is 0.188 e. The number of allylic oxidation sites excluding steroid dienone is 2. The summed E-state index contributed by atoms with van der Waals surface area (Å²) in [5, 5.41) is 18.0. The molecule has 0 aliphatic rings. The van der Waals surface area contributed by atoms with Crippen LogP contribution < -0.4 is 9.47 Å². The Hall–Kier alpha value is -2.97. The molecule has 0 unspecified atom stereocenters. The van der Waals surface area contributed by atoms with E-state index in [-0.39, 0.29) is 25.8 Å². The number of carbonyl (C=O) groups is 1. The topological polar surface area (TPSA) is 94.5 Å². The molecule has 0 radical (unpaired) electrons. The van der Waals surface area contributed by atoms with Crippen molar-refractivity contribution in [2.45, 2.75) is 13.0 Å². The first-order chi connectivity index (χ1) is 14.6. The third-order valence-corrected chi connectivity index (χ3v) is 4.26. The molecule has 160 valence electrons. The zero-order valence-corrected chi connectivity index (χ0v) is 17.0. The first-order valence-electron chi connectivity index (χ1n) is 9.30. The number of rotatable bonds is 12. The summed E-state index contributed by atoms with van der Waals surface area (Å²) in [5.74, 6) is 0.911. The number of carbonyl (C=O) groups excluding carboxylic acids is 1. The van der Waals surface area contributed by atoms with E-state index in [4.69, 9.17) is 19.5 Å². The molecule has 0 aliphatic carbocycles. The van der Waals surface area contributed by atoms with Crippen molar-refractivity contribution in [3.63, 3.8) is 0 Å². The van der Waals surface area contributed by atoms with Gasteiger partial charge in [0.2, 0.25) is 0 Å². The van der Waals surface area contributed by atoms with Crippen LogP contribution in [0.25, 0.3) is 12.2 Å². The fourth-order valence-electron chi connectivity index (χ4n) is 2.74. The number of ketones is 1. The monoisotopic (exact) mass is 414 g/mol. The van der Waals surface area contributed by atoms with Crippen molar-refractivity contribution in [3.8, 4) is 11.5 Å². The summed E-state index contributed by atoms with van der Waals surface area (Å²) in [7, 11) is 3.08. The van der Waals surface area contributed by atoms with Gasteiger partial charge < -0.3 is 19.3 Å². The zero-order valence-electron chi connectivity index (χ0n) is 17.0. The van der Waals surface area contributed by atoms with Gasteiger partial charge in [0.25, 0.3) is 0 Å². The Morgan fingerprint density at radius 3 is 2.30 bits per heavy atom. The van der Waals surface area contributed by atoms with Gasteiger partial charge in [-0.2, -0.15) is 0 Å². The predicted octanol–water partition coefficient (Wildman–Crippen LogP) is 3.50. The van der Waals surface area contributed by atoms with E-state index in [1.807, 2.05) is 18.2 Å². The maximum atomic E-state index is 12.2. The van der Waals surface area contributed by atoms with E-state index in [1.165, 1.54) is 19.3 Å². The lowest BCUT2D eigenvalue weighted by atomic mass is 10.0. The quantitative estimate of drug-likeness (QED) is 0.238. The molecule has 0 fully saturated rings. The fraction of sp³-hybridized carbons (Fsp3) is 0.261. The Labute approximate surface area is 175 Å². The largest absolute Gasteiger partial charge is 0.493 e. The minimum atomic E-state index is -0.183. The summed E-state index contributed by atoms with van der Waals surface area (Å²) in [6.45, 7) is 0.126. The highest BCUT2D eigenvalue weighted by Crippen LogP contribution is 2.28. The molecule has 7 nitrogen and oxygen atoms in total. The van der Waals surface area contributed by atoms with E-state index < -0.39 is 0 Å². The van der Waals surface area contributed by atoms with E-state index in [9.17, 15) is 9.90 Å². The van der Waals surface area contributed by atoms with Gasteiger partial charge in [-0.15, -0.1) is 0 Å². The van der Waals surface area contributed by atoms with Gasteiger partial charge >= 0.3 is 0 Å². The summed E-state index contributed by atoms with van der Waals surface area (Å²) in [6, 6.07) is 10.8. The maximum absolute atomic E-state index is 12.2. The van der Waals surface area contributed by atoms with Gasteiger partial charge in [0.05, 0.1) is 20.3 Å². The second kappa shape index (κ2) is 12.6. The number of hydrogen-bond donors (Lipinski definition) is 2. The molecular weight excluding hydrogens is 388 g/mol. The van der Waals surface area contributed by atoms with Crippen molar-refractivity contribution in [2.75, 3.05) is 27.6 Å². The lowest BCUT2D eigenvalue weighted by Gasteiger charge is -2.10. The highest BCUT2D eigenvalue weighted by atomic mass is 17.1. The molecular formula is C23H26O7. The molecule has 0 spiro atoms. The highest BCUT2D eigenvalue weighted by Gasteiger charge is 2.05. The third kappa shape index (κ3) is 7.13. The SMILES string of the molecule is COCOc1ccc(C=CC(=O)C=Cc2ccc(CCOO)c(CO)c2)cc1OC. The van der Waals surface area contributed by atoms with Gasteiger partial charge in [-0.05, 0) is 59.0 Å². The molecule has 2 rings (SSSR count). The van der Waals surface area contributed by atoms with Crippen LogP contribution in [0.1, 0.15) is 22.3 Å². The first-order valence-corrected chi connectivity index (χ1v) is 9.30. The molecule has 0 atom stereocenters. The van der Waals surface area contributed by atoms with Crippen molar-refractivity contribution in [3.05, 3.63) is 70.8 Å². The summed E-state index contributed by atoms with van der Waals surface area (Å²) >= 11 is 0. The van der Waals surface area contributed by atoms with Gasteiger partial charge in [-0.25, -0.2) is 4.89 Å². The molecule has 0 saturated carbocycles. The van der Waals surface area contributed by atoms with Crippen molar-refractivity contribution in [2.24, 2.45) is 0 Å². The smallest absolute Gasteiger partial charge is 0.188 e. The van der Waals surface area contributed by atoms with Crippen LogP contribution in [0.5, 0.6) is 11.5 Å². The van der Waals surface area contributed by atoms with Gasteiger partial charge in [-0.1, -0.05) is 30.4 Å². The van der Waals surface area contributed by atoms with Crippen LogP contribution in [0.15, 0.2) is 48.6 Å². The summed E-state index contributed by atoms with van der Waals surface area (Å²) in [5.41, 5.74) is 3.18. The van der Waals surface area contributed by atoms with E-state index >= 15 is 0 Å². The van der Waals surface area contributed by atoms with Crippen LogP contribution in [0.2, 0.25) is 0 Å². The van der Waals surface area contributed by atoms with E-state index in [0.29, 0.717) is 17.9 Å². The summed E-state index contributed by atoms with van der Waals surface area (Å²) < 4.78 is 15.6. The Balaban J connectivity index is 2.04. The minimum absolute atomic E-state index is 0.114. The average Bonchev–Trinajstić information content (AvgIpc) is 2.78. The molecule has 30 heavy (non-hydrogen) atoms. The van der Waals surface area contributed by atoms with Crippen molar-refractivity contribution in [1.29, 1.82) is 0 Å². The van der Waals surface area contributed by atoms with Crippen molar-refractivity contribution < 1.29 is 34.3 Å². The number of ether oxygens (including phenoxy) is 3. The molecule has 0 saturated heterocycles. The second-order valence-corrected chi connectivity index (χ2v) is 6.30. The Morgan fingerprint density at radius 1 is 0.967 bits per heavy atom. The Bertz CT molecular complexity index is 816. The predicted molar refractivity (Wildman–Crippen MR) is 113 cm³/mol. The minimum Gasteiger partial charge on any atom is -0.493 e. The van der Waals surface area contributed by atoms with Crippen molar-refractivity contribution in [1.82, 2.24) is 0 Å². The molecule has 2 aromatic carbocycles. The fourth-order valence-corrected chi connectivity index (χ4v) is 2.74. The molecule has 2 N–H and O–H groups in total. The summed E-state index contributed by atoms with van der Waals surface area (Å²) in [4.78, 5) is 16.3. The zero-order chi connectivity index (χ0) is 21.8. The number of benzene rings is 2. The molecule has 0 bridgehead atoms. The van der Waals surface area contributed by atoms with Crippen LogP contribution in [0.3, 0.4) is 0 Å². The Kier molecular flexibility index (Phi) is 9.76.